The molecule has 1 unspecified atom stereocenters. The number of furan rings is 1. The Morgan fingerprint density at radius 3 is 2.56 bits per heavy atom. The Bertz CT molecular complexity index is 1480. The van der Waals surface area contributed by atoms with Gasteiger partial charge in [0.15, 0.2) is 16.9 Å². The molecule has 0 aliphatic carbocycles. The molecule has 1 amide bonds. The van der Waals surface area contributed by atoms with E-state index in [-0.39, 0.29) is 23.6 Å². The van der Waals surface area contributed by atoms with Crippen LogP contribution in [0.15, 0.2) is 62.4 Å². The van der Waals surface area contributed by atoms with E-state index in [1.54, 1.807) is 30.4 Å². The lowest BCUT2D eigenvalue weighted by atomic mass is 9.97. The van der Waals surface area contributed by atoms with E-state index in [1.807, 2.05) is 44.2 Å². The highest BCUT2D eigenvalue weighted by Crippen LogP contribution is 2.42. The van der Waals surface area contributed by atoms with Crippen molar-refractivity contribution in [2.75, 3.05) is 13.7 Å². The van der Waals surface area contributed by atoms with Crippen LogP contribution in [0.5, 0.6) is 11.5 Å². The fourth-order valence-corrected chi connectivity index (χ4v) is 4.66. The summed E-state index contributed by atoms with van der Waals surface area (Å²) < 4.78 is 23.1. The van der Waals surface area contributed by atoms with Crippen molar-refractivity contribution >= 4 is 16.9 Å². The summed E-state index contributed by atoms with van der Waals surface area (Å²) in [5.74, 6) is 1.48. The maximum atomic E-state index is 13.8. The normalized spacial score (nSPS) is 14.9. The fourth-order valence-electron chi connectivity index (χ4n) is 4.66. The number of methoxy groups -OCH3 is 1. The molecule has 1 atom stereocenters. The van der Waals surface area contributed by atoms with Crippen LogP contribution < -0.4 is 14.9 Å². The van der Waals surface area contributed by atoms with Crippen LogP contribution in [-0.4, -0.2) is 24.5 Å². The molecule has 1 aliphatic rings. The summed E-state index contributed by atoms with van der Waals surface area (Å²) in [5, 5.41) is 0.459. The van der Waals surface area contributed by atoms with Gasteiger partial charge in [-0.25, -0.2) is 0 Å². The number of carbonyl (C=O) groups excluding carboxylic acids is 1. The summed E-state index contributed by atoms with van der Waals surface area (Å²) in [4.78, 5) is 29.1. The monoisotopic (exact) mass is 487 g/mol. The van der Waals surface area contributed by atoms with Gasteiger partial charge in [0, 0.05) is 0 Å². The van der Waals surface area contributed by atoms with Gasteiger partial charge in [0.2, 0.25) is 5.76 Å². The number of aryl methyl sites for hydroxylation is 2. The molecule has 1 aliphatic heterocycles. The van der Waals surface area contributed by atoms with Crippen LogP contribution in [0.25, 0.3) is 11.0 Å². The van der Waals surface area contributed by atoms with Crippen molar-refractivity contribution in [3.05, 3.63) is 92.7 Å². The van der Waals surface area contributed by atoms with Gasteiger partial charge in [0.25, 0.3) is 5.91 Å². The van der Waals surface area contributed by atoms with Crippen LogP contribution in [0.3, 0.4) is 0 Å². The number of benzene rings is 2. The van der Waals surface area contributed by atoms with Crippen molar-refractivity contribution in [2.45, 2.75) is 46.2 Å². The molecule has 36 heavy (non-hydrogen) atoms. The van der Waals surface area contributed by atoms with Gasteiger partial charge in [-0.15, -0.1) is 0 Å². The molecule has 5 rings (SSSR count). The van der Waals surface area contributed by atoms with Crippen LogP contribution in [0, 0.1) is 13.8 Å². The van der Waals surface area contributed by atoms with Crippen LogP contribution in [0.2, 0.25) is 0 Å². The largest absolute Gasteiger partial charge is 0.493 e. The molecule has 186 valence electrons. The molecule has 0 spiro atoms. The zero-order valence-electron chi connectivity index (χ0n) is 20.9. The summed E-state index contributed by atoms with van der Waals surface area (Å²) in [5.41, 5.74) is 3.22. The molecule has 0 N–H and O–H groups in total. The number of nitrogens with zero attached hydrogens (tertiary/aromatic N) is 1. The minimum atomic E-state index is -0.668. The lowest BCUT2D eigenvalue weighted by molar-refractivity contribution is 0.0701. The molecule has 0 saturated heterocycles. The van der Waals surface area contributed by atoms with Crippen molar-refractivity contribution < 1.29 is 23.1 Å². The molecule has 0 fully saturated rings. The van der Waals surface area contributed by atoms with E-state index in [0.717, 1.165) is 29.5 Å². The highest BCUT2D eigenvalue weighted by molar-refractivity contribution is 5.99. The third-order valence-electron chi connectivity index (χ3n) is 6.75. The van der Waals surface area contributed by atoms with Gasteiger partial charge >= 0.3 is 0 Å². The lowest BCUT2D eigenvalue weighted by Gasteiger charge is -2.25. The first-order valence-corrected chi connectivity index (χ1v) is 12.1. The molecule has 2 aromatic heterocycles. The first-order valence-electron chi connectivity index (χ1n) is 12.1. The highest BCUT2D eigenvalue weighted by Gasteiger charge is 2.43. The van der Waals surface area contributed by atoms with E-state index in [0.29, 0.717) is 40.4 Å². The van der Waals surface area contributed by atoms with Gasteiger partial charge in [-0.2, -0.15) is 0 Å². The van der Waals surface area contributed by atoms with E-state index in [1.165, 1.54) is 0 Å². The first kappa shape index (κ1) is 23.7. The predicted octanol–water partition coefficient (Wildman–Crippen LogP) is 5.94. The van der Waals surface area contributed by atoms with Gasteiger partial charge in [-0.05, 0) is 73.4 Å². The summed E-state index contributed by atoms with van der Waals surface area (Å²) in [6.07, 6.45) is 3.51. The van der Waals surface area contributed by atoms with Crippen molar-refractivity contribution in [2.24, 2.45) is 0 Å². The third-order valence-corrected chi connectivity index (χ3v) is 6.75. The van der Waals surface area contributed by atoms with Crippen molar-refractivity contribution in [3.63, 3.8) is 0 Å². The minimum absolute atomic E-state index is 0.0644. The second-order valence-electron chi connectivity index (χ2n) is 9.13. The zero-order chi connectivity index (χ0) is 25.4. The highest BCUT2D eigenvalue weighted by atomic mass is 16.5. The lowest BCUT2D eigenvalue weighted by Crippen LogP contribution is -2.29. The second-order valence-corrected chi connectivity index (χ2v) is 9.13. The van der Waals surface area contributed by atoms with Gasteiger partial charge in [0.1, 0.15) is 11.3 Å². The number of amides is 1. The third kappa shape index (κ3) is 4.04. The average molecular weight is 488 g/mol. The Labute approximate surface area is 209 Å². The standard InChI is InChI=1S/C29H29NO6/c1-5-6-11-35-22-10-9-19(15-24(22)33-4)26-25-27(31)21-13-17(2)18(3)14-23(21)36-28(25)29(32)30(26)16-20-8-7-12-34-20/h7-10,12-15,26H,5-6,11,16H2,1-4H3. The summed E-state index contributed by atoms with van der Waals surface area (Å²) >= 11 is 0. The van der Waals surface area contributed by atoms with Gasteiger partial charge in [-0.1, -0.05) is 19.4 Å². The van der Waals surface area contributed by atoms with Crippen LogP contribution in [0.1, 0.15) is 64.4 Å². The number of fused-ring (bicyclic) bond motifs is 2. The number of hydrogen-bond acceptors (Lipinski definition) is 6. The van der Waals surface area contributed by atoms with Gasteiger partial charge in [-0.3, -0.25) is 9.59 Å². The molecule has 7 nitrogen and oxygen atoms in total. The van der Waals surface area contributed by atoms with E-state index >= 15 is 0 Å². The Morgan fingerprint density at radius 1 is 1.03 bits per heavy atom. The summed E-state index contributed by atoms with van der Waals surface area (Å²) in [6.45, 7) is 6.77. The number of rotatable bonds is 8. The van der Waals surface area contributed by atoms with Crippen LogP contribution in [-0.2, 0) is 6.54 Å². The Kier molecular flexibility index (Phi) is 6.31. The predicted molar refractivity (Wildman–Crippen MR) is 136 cm³/mol. The number of carbonyl (C=O) groups is 1. The molecule has 0 saturated carbocycles. The van der Waals surface area contributed by atoms with Gasteiger partial charge in [0.05, 0.1) is 43.5 Å². The van der Waals surface area contributed by atoms with Crippen molar-refractivity contribution in [3.8, 4) is 11.5 Å². The Hall–Kier alpha value is -4.00. The SMILES string of the molecule is CCCCOc1ccc(C2c3c(oc4cc(C)c(C)cc4c3=O)C(=O)N2Cc2ccco2)cc1OC. The van der Waals surface area contributed by atoms with Crippen molar-refractivity contribution in [1.82, 2.24) is 4.90 Å². The van der Waals surface area contributed by atoms with E-state index in [2.05, 4.69) is 6.92 Å². The minimum Gasteiger partial charge on any atom is -0.493 e. The molecule has 7 heteroatoms. The number of unbranched alkanes of at least 4 members (excludes halogenated alkanes) is 1. The molecule has 2 aromatic carbocycles. The number of ether oxygens (including phenoxy) is 2. The van der Waals surface area contributed by atoms with E-state index in [9.17, 15) is 9.59 Å². The topological polar surface area (TPSA) is 82.1 Å². The van der Waals surface area contributed by atoms with Crippen molar-refractivity contribution in [1.29, 1.82) is 0 Å². The maximum absolute atomic E-state index is 13.8. The molecule has 3 heterocycles. The Balaban J connectivity index is 1.67. The van der Waals surface area contributed by atoms with E-state index in [4.69, 9.17) is 18.3 Å². The summed E-state index contributed by atoms with van der Waals surface area (Å²) in [6, 6.07) is 12.1. The second kappa shape index (κ2) is 9.57. The summed E-state index contributed by atoms with van der Waals surface area (Å²) in [7, 11) is 1.58. The zero-order valence-corrected chi connectivity index (χ0v) is 20.9. The van der Waals surface area contributed by atoms with Gasteiger partial charge < -0.3 is 23.2 Å². The molecular weight excluding hydrogens is 458 g/mol. The first-order chi connectivity index (χ1) is 17.4. The number of hydrogen-bond donors (Lipinski definition) is 0. The van der Waals surface area contributed by atoms with Crippen LogP contribution in [0.4, 0.5) is 0 Å². The smallest absolute Gasteiger partial charge is 0.291 e. The van der Waals surface area contributed by atoms with E-state index < -0.39 is 6.04 Å². The molecule has 4 aromatic rings. The van der Waals surface area contributed by atoms with Crippen LogP contribution >= 0.6 is 0 Å². The quantitative estimate of drug-likeness (QED) is 0.286. The molecular formula is C29H29NO6. The molecule has 0 bridgehead atoms. The maximum Gasteiger partial charge on any atom is 0.291 e. The molecule has 0 radical (unpaired) electrons. The average Bonchev–Trinajstić information content (AvgIpc) is 3.48. The fraction of sp³-hybridized carbons (Fsp3) is 0.310. The Morgan fingerprint density at radius 2 is 1.83 bits per heavy atom.